The standard InChI is InChI=1S/C12H14ClF3.C12H15F3.C11H14Br2.C11H14Cl2.2CH4/c1-7-5-8(12(14,15)16)6-9(13)10(7)11(2,3)4;1-8-5-9(11(2,3)4)7-10(6-8)12(13,14)15;2*1-7-5-8(12)6-9(13)10(7)11(2,3)4;;/h5-6H,1-4H3;5-7H,1-4H3;2*5-6H,1-4H3;2*1H4. The molecule has 0 unspecified atom stereocenters. The van der Waals surface area contributed by atoms with Crippen molar-refractivity contribution >= 4 is 66.7 Å². The van der Waals surface area contributed by atoms with Crippen LogP contribution in [-0.2, 0) is 34.0 Å². The maximum atomic E-state index is 12.5. The third kappa shape index (κ3) is 18.7. The third-order valence-corrected chi connectivity index (χ3v) is 10.5. The van der Waals surface area contributed by atoms with Gasteiger partial charge in [-0.15, -0.1) is 0 Å². The first-order valence-corrected chi connectivity index (χ1v) is 21.0. The fraction of sp³-hybridized carbons (Fsp3) is 0.500. The van der Waals surface area contributed by atoms with Gasteiger partial charge in [-0.05, 0) is 137 Å². The Morgan fingerprint density at radius 2 is 0.763 bits per heavy atom. The molecule has 0 aliphatic rings. The molecule has 0 atom stereocenters. The summed E-state index contributed by atoms with van der Waals surface area (Å²) in [6, 6.07) is 14.4. The van der Waals surface area contributed by atoms with Crippen molar-refractivity contribution in [2.75, 3.05) is 0 Å². The quantitative estimate of drug-likeness (QED) is 0.154. The molecule has 0 aromatic heterocycles. The lowest BCUT2D eigenvalue weighted by molar-refractivity contribution is -0.138. The van der Waals surface area contributed by atoms with E-state index in [1.807, 2.05) is 54.5 Å². The number of hydrogen-bond acceptors (Lipinski definition) is 0. The van der Waals surface area contributed by atoms with E-state index in [9.17, 15) is 26.3 Å². The van der Waals surface area contributed by atoms with Crippen LogP contribution in [0.2, 0.25) is 15.1 Å². The third-order valence-electron chi connectivity index (χ3n) is 8.64. The Labute approximate surface area is 384 Å². The molecule has 0 N–H and O–H groups in total. The summed E-state index contributed by atoms with van der Waals surface area (Å²) in [5.41, 5.74) is 6.26. The number of halogens is 11. The van der Waals surface area contributed by atoms with E-state index in [4.69, 9.17) is 34.8 Å². The molecule has 4 aromatic rings. The molecule has 0 saturated carbocycles. The van der Waals surface area contributed by atoms with Crippen molar-refractivity contribution in [1.29, 1.82) is 0 Å². The average Bonchev–Trinajstić information content (AvgIpc) is 2.93. The van der Waals surface area contributed by atoms with Gasteiger partial charge >= 0.3 is 12.4 Å². The first-order chi connectivity index (χ1) is 25.3. The molecular formula is C48H65Br2Cl3F6. The van der Waals surface area contributed by atoms with Gasteiger partial charge in [0.2, 0.25) is 0 Å². The van der Waals surface area contributed by atoms with E-state index < -0.39 is 23.5 Å². The van der Waals surface area contributed by atoms with Crippen LogP contribution in [0.1, 0.15) is 154 Å². The molecule has 4 aromatic carbocycles. The normalized spacial score (nSPS) is 12.1. The fourth-order valence-electron chi connectivity index (χ4n) is 6.54. The van der Waals surface area contributed by atoms with E-state index in [0.29, 0.717) is 16.1 Å². The van der Waals surface area contributed by atoms with E-state index in [2.05, 4.69) is 92.5 Å². The Hall–Kier alpha value is -1.71. The Bertz CT molecular complexity index is 1820. The van der Waals surface area contributed by atoms with Crippen molar-refractivity contribution < 1.29 is 26.3 Å². The van der Waals surface area contributed by atoms with E-state index in [-0.39, 0.29) is 41.5 Å². The predicted octanol–water partition coefficient (Wildman–Crippen LogP) is 20.0. The highest BCUT2D eigenvalue weighted by Crippen LogP contribution is 2.39. The minimum Gasteiger partial charge on any atom is -0.166 e. The predicted molar refractivity (Wildman–Crippen MR) is 253 cm³/mol. The van der Waals surface area contributed by atoms with Crippen molar-refractivity contribution in [1.82, 2.24) is 0 Å². The summed E-state index contributed by atoms with van der Waals surface area (Å²) in [4.78, 5) is 0. The number of benzene rings is 4. The van der Waals surface area contributed by atoms with Gasteiger partial charge in [0, 0.05) is 24.0 Å². The van der Waals surface area contributed by atoms with Crippen molar-refractivity contribution in [3.05, 3.63) is 134 Å². The molecule has 0 aliphatic heterocycles. The Morgan fingerprint density at radius 3 is 1.10 bits per heavy atom. The maximum absolute atomic E-state index is 12.5. The summed E-state index contributed by atoms with van der Waals surface area (Å²) in [7, 11) is 0. The molecule has 0 spiro atoms. The molecule has 0 nitrogen and oxygen atoms in total. The monoisotopic (exact) mass is 1020 g/mol. The smallest absolute Gasteiger partial charge is 0.166 e. The summed E-state index contributed by atoms with van der Waals surface area (Å²) in [6.45, 7) is 32.2. The average molecular weight is 1020 g/mol. The van der Waals surface area contributed by atoms with E-state index >= 15 is 0 Å². The van der Waals surface area contributed by atoms with Crippen LogP contribution in [0.25, 0.3) is 0 Å². The minimum absolute atomic E-state index is 0. The summed E-state index contributed by atoms with van der Waals surface area (Å²) < 4.78 is 77.5. The Morgan fingerprint density at radius 1 is 0.407 bits per heavy atom. The van der Waals surface area contributed by atoms with Gasteiger partial charge < -0.3 is 0 Å². The van der Waals surface area contributed by atoms with Crippen LogP contribution < -0.4 is 0 Å². The molecule has 0 fully saturated rings. The second kappa shape index (κ2) is 22.1. The van der Waals surface area contributed by atoms with E-state index in [1.165, 1.54) is 33.3 Å². The van der Waals surface area contributed by atoms with Crippen LogP contribution in [0.5, 0.6) is 0 Å². The molecule has 0 aliphatic carbocycles. The molecule has 59 heavy (non-hydrogen) atoms. The molecule has 0 radical (unpaired) electrons. The summed E-state index contributed by atoms with van der Waals surface area (Å²) in [6.07, 6.45) is -8.60. The highest BCUT2D eigenvalue weighted by atomic mass is 79.9. The van der Waals surface area contributed by atoms with Gasteiger partial charge in [0.05, 0.1) is 11.1 Å². The highest BCUT2D eigenvalue weighted by molar-refractivity contribution is 9.11. The van der Waals surface area contributed by atoms with E-state index in [0.717, 1.165) is 38.3 Å². The summed E-state index contributed by atoms with van der Waals surface area (Å²) >= 11 is 25.0. The van der Waals surface area contributed by atoms with Gasteiger partial charge in [-0.2, -0.15) is 26.3 Å². The number of alkyl halides is 6. The Kier molecular flexibility index (Phi) is 22.2. The lowest BCUT2D eigenvalue weighted by Gasteiger charge is -2.24. The zero-order chi connectivity index (χ0) is 45.0. The summed E-state index contributed by atoms with van der Waals surface area (Å²) in [5.74, 6) is 0. The van der Waals surface area contributed by atoms with Crippen molar-refractivity contribution in [3.63, 3.8) is 0 Å². The van der Waals surface area contributed by atoms with Gasteiger partial charge in [0.25, 0.3) is 0 Å². The number of rotatable bonds is 0. The molecule has 0 bridgehead atoms. The van der Waals surface area contributed by atoms with Crippen LogP contribution in [0, 0.1) is 27.7 Å². The lowest BCUT2D eigenvalue weighted by atomic mass is 9.83. The molecule has 0 amide bonds. The molecule has 11 heteroatoms. The van der Waals surface area contributed by atoms with Gasteiger partial charge in [0.1, 0.15) is 0 Å². The molecule has 0 saturated heterocycles. The van der Waals surface area contributed by atoms with Crippen LogP contribution in [-0.4, -0.2) is 0 Å². The summed E-state index contributed by atoms with van der Waals surface area (Å²) in [5, 5.41) is 1.65. The number of hydrogen-bond donors (Lipinski definition) is 0. The SMILES string of the molecule is C.C.Cc1cc(Br)cc(Br)c1C(C)(C)C.Cc1cc(C(C)(C)C)cc(C(F)(F)F)c1.Cc1cc(C(F)(F)F)cc(Cl)c1C(C)(C)C.Cc1cc(Cl)cc(Cl)c1C(C)(C)C. The highest BCUT2D eigenvalue weighted by Gasteiger charge is 2.33. The van der Waals surface area contributed by atoms with Crippen LogP contribution in [0.4, 0.5) is 26.3 Å². The first kappa shape index (κ1) is 59.4. The van der Waals surface area contributed by atoms with Crippen molar-refractivity contribution in [2.45, 2.75) is 160 Å². The Balaban J connectivity index is 0. The number of aryl methyl sites for hydroxylation is 4. The van der Waals surface area contributed by atoms with Gasteiger partial charge in [-0.3, -0.25) is 0 Å². The topological polar surface area (TPSA) is 0 Å². The zero-order valence-corrected chi connectivity index (χ0v) is 41.3. The van der Waals surface area contributed by atoms with Crippen LogP contribution in [0.15, 0.2) is 63.5 Å². The largest absolute Gasteiger partial charge is 0.416 e. The first-order valence-electron chi connectivity index (χ1n) is 18.3. The maximum Gasteiger partial charge on any atom is 0.416 e. The van der Waals surface area contributed by atoms with E-state index in [1.54, 1.807) is 26.0 Å². The second-order valence-electron chi connectivity index (χ2n) is 18.4. The lowest BCUT2D eigenvalue weighted by Crippen LogP contribution is -2.15. The van der Waals surface area contributed by atoms with Gasteiger partial charge in [0.15, 0.2) is 0 Å². The fourth-order valence-corrected chi connectivity index (χ4v) is 10.0. The molecule has 334 valence electrons. The van der Waals surface area contributed by atoms with Gasteiger partial charge in [-0.25, -0.2) is 0 Å². The molecule has 0 heterocycles. The molecule has 4 rings (SSSR count). The van der Waals surface area contributed by atoms with Crippen molar-refractivity contribution in [3.8, 4) is 0 Å². The zero-order valence-electron chi connectivity index (χ0n) is 35.9. The second-order valence-corrected chi connectivity index (χ2v) is 21.4. The van der Waals surface area contributed by atoms with Crippen molar-refractivity contribution in [2.24, 2.45) is 0 Å². The minimum atomic E-state index is -4.34. The van der Waals surface area contributed by atoms with Crippen LogP contribution >= 0.6 is 66.7 Å². The molecular weight excluding hydrogens is 957 g/mol. The van der Waals surface area contributed by atoms with Crippen LogP contribution in [0.3, 0.4) is 0 Å². The van der Waals surface area contributed by atoms with Gasteiger partial charge in [-0.1, -0.05) is 176 Å².